The molecule has 0 saturated heterocycles. The van der Waals surface area contributed by atoms with Gasteiger partial charge in [-0.15, -0.1) is 0 Å². The van der Waals surface area contributed by atoms with Gasteiger partial charge in [-0.1, -0.05) is 31.5 Å². The average Bonchev–Trinajstić information content (AvgIpc) is 2.86. The number of aryl methyl sites for hydroxylation is 2. The van der Waals surface area contributed by atoms with Crippen LogP contribution in [0.5, 0.6) is 0 Å². The van der Waals surface area contributed by atoms with Crippen LogP contribution in [-0.4, -0.2) is 28.1 Å². The van der Waals surface area contributed by atoms with Gasteiger partial charge in [-0.25, -0.2) is 0 Å². The average molecular weight is 316 g/mol. The van der Waals surface area contributed by atoms with E-state index in [0.717, 1.165) is 22.9 Å². The third-order valence-electron chi connectivity index (χ3n) is 4.13. The summed E-state index contributed by atoms with van der Waals surface area (Å²) in [6.45, 7) is 2.15. The van der Waals surface area contributed by atoms with Gasteiger partial charge in [0.2, 0.25) is 5.91 Å². The van der Waals surface area contributed by atoms with E-state index >= 15 is 0 Å². The number of nitrogens with zero attached hydrogens (tertiary/aromatic N) is 1. The maximum atomic E-state index is 12.0. The Balaban J connectivity index is 1.90. The topological polar surface area (TPSA) is 71.3 Å². The Morgan fingerprint density at radius 3 is 2.74 bits per heavy atom. The molecule has 1 aromatic carbocycles. The van der Waals surface area contributed by atoms with Crippen LogP contribution in [0.2, 0.25) is 0 Å². The minimum atomic E-state index is -0.846. The number of carboxylic acid groups (broad SMARTS) is 1. The fourth-order valence-electron chi connectivity index (χ4n) is 2.86. The van der Waals surface area contributed by atoms with Crippen LogP contribution in [0.3, 0.4) is 0 Å². The summed E-state index contributed by atoms with van der Waals surface area (Å²) < 4.78 is 2.06. The van der Waals surface area contributed by atoms with E-state index in [0.29, 0.717) is 19.3 Å². The van der Waals surface area contributed by atoms with Crippen molar-refractivity contribution in [2.75, 3.05) is 6.54 Å². The summed E-state index contributed by atoms with van der Waals surface area (Å²) in [4.78, 5) is 23.1. The van der Waals surface area contributed by atoms with Gasteiger partial charge in [0.1, 0.15) is 0 Å². The van der Waals surface area contributed by atoms with E-state index in [4.69, 9.17) is 5.11 Å². The van der Waals surface area contributed by atoms with E-state index in [1.165, 1.54) is 0 Å². The SMILES string of the molecule is CCCC(CNC(=O)CCc1cn(C)c2ccccc12)C(=O)O. The third-order valence-corrected chi connectivity index (χ3v) is 4.13. The fraction of sp³-hybridized carbons (Fsp3) is 0.444. The highest BCUT2D eigenvalue weighted by molar-refractivity contribution is 5.85. The van der Waals surface area contributed by atoms with Crippen LogP contribution >= 0.6 is 0 Å². The molecule has 124 valence electrons. The predicted molar refractivity (Wildman–Crippen MR) is 90.3 cm³/mol. The van der Waals surface area contributed by atoms with Gasteiger partial charge in [-0.3, -0.25) is 9.59 Å². The number of nitrogens with one attached hydrogen (secondary N) is 1. The van der Waals surface area contributed by atoms with Gasteiger partial charge in [0.15, 0.2) is 0 Å². The lowest BCUT2D eigenvalue weighted by atomic mass is 10.0. The number of aliphatic carboxylic acids is 1. The van der Waals surface area contributed by atoms with Crippen molar-refractivity contribution in [2.45, 2.75) is 32.6 Å². The summed E-state index contributed by atoms with van der Waals surface area (Å²) in [7, 11) is 1.99. The molecule has 5 nitrogen and oxygen atoms in total. The third kappa shape index (κ3) is 4.34. The lowest BCUT2D eigenvalue weighted by Crippen LogP contribution is -2.33. The van der Waals surface area contributed by atoms with Crippen LogP contribution in [0.15, 0.2) is 30.5 Å². The summed E-state index contributed by atoms with van der Waals surface area (Å²) >= 11 is 0. The van der Waals surface area contributed by atoms with Crippen LogP contribution in [-0.2, 0) is 23.1 Å². The quantitative estimate of drug-likeness (QED) is 0.786. The molecule has 0 spiro atoms. The number of carboxylic acids is 1. The number of para-hydroxylation sites is 1. The molecule has 0 bridgehead atoms. The first-order valence-electron chi connectivity index (χ1n) is 8.05. The summed E-state index contributed by atoms with van der Waals surface area (Å²) in [5, 5.41) is 13.0. The Morgan fingerprint density at radius 2 is 2.04 bits per heavy atom. The molecular weight excluding hydrogens is 292 g/mol. The van der Waals surface area contributed by atoms with Crippen molar-refractivity contribution in [2.24, 2.45) is 13.0 Å². The number of benzene rings is 1. The van der Waals surface area contributed by atoms with Crippen molar-refractivity contribution in [3.8, 4) is 0 Å². The number of hydrogen-bond acceptors (Lipinski definition) is 2. The van der Waals surface area contributed by atoms with Gasteiger partial charge in [-0.05, 0) is 24.5 Å². The van der Waals surface area contributed by atoms with E-state index in [-0.39, 0.29) is 12.5 Å². The zero-order valence-electron chi connectivity index (χ0n) is 13.7. The lowest BCUT2D eigenvalue weighted by Gasteiger charge is -2.12. The molecule has 1 amide bonds. The molecule has 0 aliphatic heterocycles. The molecule has 1 aromatic heterocycles. The van der Waals surface area contributed by atoms with Gasteiger partial charge in [0, 0.05) is 37.1 Å². The first-order chi connectivity index (χ1) is 11.0. The number of carbonyl (C=O) groups excluding carboxylic acids is 1. The van der Waals surface area contributed by atoms with E-state index in [1.54, 1.807) is 0 Å². The van der Waals surface area contributed by atoms with E-state index in [9.17, 15) is 9.59 Å². The first kappa shape index (κ1) is 17.1. The minimum Gasteiger partial charge on any atom is -0.481 e. The lowest BCUT2D eigenvalue weighted by molar-refractivity contribution is -0.141. The summed E-state index contributed by atoms with van der Waals surface area (Å²) in [5.41, 5.74) is 2.29. The molecule has 2 rings (SSSR count). The highest BCUT2D eigenvalue weighted by atomic mass is 16.4. The van der Waals surface area contributed by atoms with Crippen molar-refractivity contribution in [3.63, 3.8) is 0 Å². The summed E-state index contributed by atoms with van der Waals surface area (Å²) in [5.74, 6) is -1.44. The van der Waals surface area contributed by atoms with Gasteiger partial charge in [0.25, 0.3) is 0 Å². The molecule has 23 heavy (non-hydrogen) atoms. The molecule has 1 heterocycles. The van der Waals surface area contributed by atoms with Crippen molar-refractivity contribution in [3.05, 3.63) is 36.0 Å². The monoisotopic (exact) mass is 316 g/mol. The molecule has 1 atom stereocenters. The van der Waals surface area contributed by atoms with Crippen LogP contribution in [0, 0.1) is 5.92 Å². The molecule has 2 aromatic rings. The molecule has 0 fully saturated rings. The number of carbonyl (C=O) groups is 2. The van der Waals surface area contributed by atoms with Crippen LogP contribution in [0.4, 0.5) is 0 Å². The highest BCUT2D eigenvalue weighted by Gasteiger charge is 2.17. The van der Waals surface area contributed by atoms with Crippen molar-refractivity contribution in [1.29, 1.82) is 0 Å². The van der Waals surface area contributed by atoms with Crippen molar-refractivity contribution < 1.29 is 14.7 Å². The summed E-state index contributed by atoms with van der Waals surface area (Å²) in [6, 6.07) is 8.11. The summed E-state index contributed by atoms with van der Waals surface area (Å²) in [6.07, 6.45) is 4.45. The predicted octanol–water partition coefficient (Wildman–Crippen LogP) is 2.73. The molecule has 2 N–H and O–H groups in total. The van der Waals surface area contributed by atoms with E-state index in [1.807, 2.05) is 26.1 Å². The molecular formula is C18H24N2O3. The molecule has 5 heteroatoms. The number of amides is 1. The van der Waals surface area contributed by atoms with E-state index < -0.39 is 11.9 Å². The second-order valence-corrected chi connectivity index (χ2v) is 5.91. The van der Waals surface area contributed by atoms with Crippen LogP contribution in [0.25, 0.3) is 10.9 Å². The number of aromatic nitrogens is 1. The minimum absolute atomic E-state index is 0.0970. The Labute approximate surface area is 136 Å². The molecule has 0 aliphatic rings. The van der Waals surface area contributed by atoms with Crippen LogP contribution < -0.4 is 5.32 Å². The molecule has 0 aliphatic carbocycles. The Kier molecular flexibility index (Phi) is 5.79. The Bertz CT molecular complexity index is 691. The van der Waals surface area contributed by atoms with Crippen molar-refractivity contribution in [1.82, 2.24) is 9.88 Å². The van der Waals surface area contributed by atoms with Gasteiger partial charge < -0.3 is 15.0 Å². The zero-order chi connectivity index (χ0) is 16.8. The van der Waals surface area contributed by atoms with Crippen LogP contribution in [0.1, 0.15) is 31.7 Å². The highest BCUT2D eigenvalue weighted by Crippen LogP contribution is 2.21. The van der Waals surface area contributed by atoms with E-state index in [2.05, 4.69) is 28.2 Å². The second-order valence-electron chi connectivity index (χ2n) is 5.91. The number of hydrogen-bond donors (Lipinski definition) is 2. The Hall–Kier alpha value is -2.30. The Morgan fingerprint density at radius 1 is 1.30 bits per heavy atom. The van der Waals surface area contributed by atoms with Gasteiger partial charge >= 0.3 is 5.97 Å². The smallest absolute Gasteiger partial charge is 0.308 e. The fourth-order valence-corrected chi connectivity index (χ4v) is 2.86. The molecule has 0 radical (unpaired) electrons. The standard InChI is InChI=1S/C18H24N2O3/c1-3-6-13(18(22)23)11-19-17(21)10-9-14-12-20(2)16-8-5-4-7-15(14)16/h4-5,7-8,12-13H,3,6,9-11H2,1-2H3,(H,19,21)(H,22,23). The van der Waals surface area contributed by atoms with Gasteiger partial charge in [-0.2, -0.15) is 0 Å². The zero-order valence-corrected chi connectivity index (χ0v) is 13.7. The maximum absolute atomic E-state index is 12.0. The first-order valence-corrected chi connectivity index (χ1v) is 8.05. The molecule has 0 saturated carbocycles. The number of rotatable bonds is 8. The maximum Gasteiger partial charge on any atom is 0.308 e. The number of fused-ring (bicyclic) bond motifs is 1. The molecule has 1 unspecified atom stereocenters. The van der Waals surface area contributed by atoms with Crippen molar-refractivity contribution >= 4 is 22.8 Å². The largest absolute Gasteiger partial charge is 0.481 e. The van der Waals surface area contributed by atoms with Gasteiger partial charge in [0.05, 0.1) is 5.92 Å². The second kappa shape index (κ2) is 7.81. The normalized spacial score (nSPS) is 12.3.